The third kappa shape index (κ3) is 3.48. The van der Waals surface area contributed by atoms with Crippen LogP contribution in [0.4, 0.5) is 0 Å². The molecule has 2 heterocycles. The van der Waals surface area contributed by atoms with Gasteiger partial charge in [-0.15, -0.1) is 0 Å². The fourth-order valence-corrected chi connectivity index (χ4v) is 2.51. The zero-order valence-corrected chi connectivity index (χ0v) is 13.4. The van der Waals surface area contributed by atoms with Crippen LogP contribution in [0, 0.1) is 0 Å². The van der Waals surface area contributed by atoms with Crippen LogP contribution in [0.2, 0.25) is 0 Å². The Labute approximate surface area is 139 Å². The Balaban J connectivity index is 1.66. The molecule has 0 aliphatic heterocycles. The molecule has 0 aliphatic rings. The summed E-state index contributed by atoms with van der Waals surface area (Å²) in [5.41, 5.74) is 2.58. The number of benzene rings is 1. The third-order valence-electron chi connectivity index (χ3n) is 3.83. The van der Waals surface area contributed by atoms with E-state index in [4.69, 9.17) is 0 Å². The van der Waals surface area contributed by atoms with Crippen LogP contribution in [0.3, 0.4) is 0 Å². The van der Waals surface area contributed by atoms with Gasteiger partial charge in [0.05, 0.1) is 23.3 Å². The minimum Gasteiger partial charge on any atom is -0.350 e. The van der Waals surface area contributed by atoms with E-state index in [0.29, 0.717) is 18.7 Å². The average molecular weight is 322 g/mol. The summed E-state index contributed by atoms with van der Waals surface area (Å²) in [4.78, 5) is 32.9. The number of hydrogen-bond acceptors (Lipinski definition) is 4. The fourth-order valence-electron chi connectivity index (χ4n) is 2.51. The van der Waals surface area contributed by atoms with Crippen molar-refractivity contribution in [2.45, 2.75) is 19.4 Å². The van der Waals surface area contributed by atoms with E-state index in [9.17, 15) is 9.59 Å². The lowest BCUT2D eigenvalue weighted by Gasteiger charge is -2.08. The van der Waals surface area contributed by atoms with Crippen LogP contribution in [0.1, 0.15) is 17.8 Å². The molecule has 0 radical (unpaired) electrons. The van der Waals surface area contributed by atoms with Gasteiger partial charge in [0.2, 0.25) is 5.91 Å². The van der Waals surface area contributed by atoms with Gasteiger partial charge in [-0.1, -0.05) is 18.2 Å². The number of pyridine rings is 1. The van der Waals surface area contributed by atoms with Crippen molar-refractivity contribution in [2.24, 2.45) is 7.05 Å². The van der Waals surface area contributed by atoms with Gasteiger partial charge in [-0.2, -0.15) is 0 Å². The Kier molecular flexibility index (Phi) is 4.65. The number of aromatic nitrogens is 3. The molecular formula is C18H18N4O2. The zero-order chi connectivity index (χ0) is 16.9. The summed E-state index contributed by atoms with van der Waals surface area (Å²) in [6.07, 6.45) is 2.21. The smallest absolute Gasteiger partial charge is 0.272 e. The Morgan fingerprint density at radius 3 is 2.75 bits per heavy atom. The predicted octanol–water partition coefficient (Wildman–Crippen LogP) is 1.58. The van der Waals surface area contributed by atoms with Crippen molar-refractivity contribution in [3.63, 3.8) is 0 Å². The molecule has 1 N–H and O–H groups in total. The third-order valence-corrected chi connectivity index (χ3v) is 3.83. The Morgan fingerprint density at radius 1 is 1.17 bits per heavy atom. The summed E-state index contributed by atoms with van der Waals surface area (Å²) in [5, 5.41) is 2.80. The maximum atomic E-state index is 12.3. The molecule has 0 bridgehead atoms. The number of amides is 1. The van der Waals surface area contributed by atoms with Crippen molar-refractivity contribution < 1.29 is 4.79 Å². The normalized spacial score (nSPS) is 10.7. The molecule has 0 spiro atoms. The molecule has 0 saturated carbocycles. The fraction of sp³-hybridized carbons (Fsp3) is 0.222. The first-order chi connectivity index (χ1) is 11.6. The van der Waals surface area contributed by atoms with E-state index in [2.05, 4.69) is 15.3 Å². The van der Waals surface area contributed by atoms with Crippen LogP contribution < -0.4 is 10.9 Å². The van der Waals surface area contributed by atoms with Gasteiger partial charge < -0.3 is 9.88 Å². The molecule has 6 nitrogen and oxygen atoms in total. The second-order valence-corrected chi connectivity index (χ2v) is 5.51. The maximum Gasteiger partial charge on any atom is 0.272 e. The quantitative estimate of drug-likeness (QED) is 0.774. The lowest BCUT2D eigenvalue weighted by atomic mass is 10.2. The van der Waals surface area contributed by atoms with Gasteiger partial charge >= 0.3 is 0 Å². The summed E-state index contributed by atoms with van der Waals surface area (Å²) in [6, 6.07) is 13.0. The van der Waals surface area contributed by atoms with Crippen molar-refractivity contribution in [3.05, 3.63) is 70.4 Å². The molecule has 3 rings (SSSR count). The van der Waals surface area contributed by atoms with Crippen molar-refractivity contribution in [1.82, 2.24) is 19.9 Å². The number of para-hydroxylation sites is 2. The molecule has 0 saturated heterocycles. The second kappa shape index (κ2) is 7.04. The molecule has 0 aliphatic carbocycles. The topological polar surface area (TPSA) is 76.9 Å². The molecule has 1 amide bonds. The van der Waals surface area contributed by atoms with E-state index in [0.717, 1.165) is 16.7 Å². The summed E-state index contributed by atoms with van der Waals surface area (Å²) in [7, 11) is 1.72. The lowest BCUT2D eigenvalue weighted by Crippen LogP contribution is -2.27. The molecule has 1 aromatic carbocycles. The van der Waals surface area contributed by atoms with Crippen LogP contribution in [-0.2, 0) is 24.8 Å². The molecule has 122 valence electrons. The summed E-state index contributed by atoms with van der Waals surface area (Å²) < 4.78 is 1.57. The second-order valence-electron chi connectivity index (χ2n) is 5.51. The average Bonchev–Trinajstić information content (AvgIpc) is 2.62. The first-order valence-corrected chi connectivity index (χ1v) is 7.76. The van der Waals surface area contributed by atoms with Crippen molar-refractivity contribution in [2.75, 3.05) is 0 Å². The SMILES string of the molecule is Cn1c(=O)c(CCC(=O)NCc2ccccn2)nc2ccccc21. The van der Waals surface area contributed by atoms with Crippen LogP contribution in [-0.4, -0.2) is 20.4 Å². The largest absolute Gasteiger partial charge is 0.350 e. The van der Waals surface area contributed by atoms with Gasteiger partial charge in [-0.3, -0.25) is 14.6 Å². The number of hydrogen-bond donors (Lipinski definition) is 1. The molecule has 0 unspecified atom stereocenters. The molecule has 2 aromatic heterocycles. The number of nitrogens with one attached hydrogen (secondary N) is 1. The monoisotopic (exact) mass is 322 g/mol. The maximum absolute atomic E-state index is 12.3. The molecule has 3 aromatic rings. The highest BCUT2D eigenvalue weighted by Crippen LogP contribution is 2.09. The minimum absolute atomic E-state index is 0.127. The Morgan fingerprint density at radius 2 is 1.96 bits per heavy atom. The van der Waals surface area contributed by atoms with Crippen LogP contribution in [0.5, 0.6) is 0 Å². The predicted molar refractivity (Wildman–Crippen MR) is 91.4 cm³/mol. The van der Waals surface area contributed by atoms with Gasteiger partial charge in [0.15, 0.2) is 0 Å². The highest BCUT2D eigenvalue weighted by atomic mass is 16.1. The first-order valence-electron chi connectivity index (χ1n) is 7.76. The summed E-state index contributed by atoms with van der Waals surface area (Å²) in [6.45, 7) is 0.378. The van der Waals surface area contributed by atoms with E-state index in [1.54, 1.807) is 17.8 Å². The van der Waals surface area contributed by atoms with Crippen LogP contribution in [0.15, 0.2) is 53.5 Å². The lowest BCUT2D eigenvalue weighted by molar-refractivity contribution is -0.121. The number of aryl methyl sites for hydroxylation is 2. The minimum atomic E-state index is -0.161. The van der Waals surface area contributed by atoms with E-state index in [-0.39, 0.29) is 17.9 Å². The molecule has 0 fully saturated rings. The van der Waals surface area contributed by atoms with E-state index in [1.807, 2.05) is 42.5 Å². The first kappa shape index (κ1) is 15.9. The zero-order valence-electron chi connectivity index (χ0n) is 13.4. The van der Waals surface area contributed by atoms with Gasteiger partial charge in [0.25, 0.3) is 5.56 Å². The van der Waals surface area contributed by atoms with Crippen molar-refractivity contribution in [1.29, 1.82) is 0 Å². The van der Waals surface area contributed by atoms with Crippen LogP contribution in [0.25, 0.3) is 11.0 Å². The van der Waals surface area contributed by atoms with E-state index >= 15 is 0 Å². The number of fused-ring (bicyclic) bond motifs is 1. The Hall–Kier alpha value is -3.02. The van der Waals surface area contributed by atoms with Gasteiger partial charge in [-0.25, -0.2) is 4.98 Å². The van der Waals surface area contributed by atoms with Gasteiger partial charge in [0.1, 0.15) is 5.69 Å². The van der Waals surface area contributed by atoms with E-state index < -0.39 is 0 Å². The molecular weight excluding hydrogens is 304 g/mol. The standard InChI is InChI=1S/C18H18N4O2/c1-22-16-8-3-2-7-14(16)21-15(18(22)24)9-10-17(23)20-12-13-6-4-5-11-19-13/h2-8,11H,9-10,12H2,1H3,(H,20,23). The van der Waals surface area contributed by atoms with Crippen LogP contribution >= 0.6 is 0 Å². The highest BCUT2D eigenvalue weighted by Gasteiger charge is 2.10. The molecule has 24 heavy (non-hydrogen) atoms. The number of carbonyl (C=O) groups excluding carboxylic acids is 1. The molecule has 6 heteroatoms. The van der Waals surface area contributed by atoms with Crippen molar-refractivity contribution >= 4 is 16.9 Å². The van der Waals surface area contributed by atoms with E-state index in [1.165, 1.54) is 0 Å². The van der Waals surface area contributed by atoms with Crippen molar-refractivity contribution in [3.8, 4) is 0 Å². The Bertz CT molecular complexity index is 919. The van der Waals surface area contributed by atoms with Gasteiger partial charge in [-0.05, 0) is 24.3 Å². The number of rotatable bonds is 5. The molecule has 0 atom stereocenters. The summed E-state index contributed by atoms with van der Waals surface area (Å²) in [5.74, 6) is -0.127. The number of carbonyl (C=O) groups is 1. The summed E-state index contributed by atoms with van der Waals surface area (Å²) >= 11 is 0. The number of nitrogens with zero attached hydrogens (tertiary/aromatic N) is 3. The highest BCUT2D eigenvalue weighted by molar-refractivity contribution is 5.76. The van der Waals surface area contributed by atoms with Gasteiger partial charge in [0, 0.05) is 26.1 Å².